The molecule has 1 aromatic heterocycles. The smallest absolute Gasteiger partial charge is 0.255 e. The van der Waals surface area contributed by atoms with Crippen LogP contribution in [-0.4, -0.2) is 68.4 Å². The Balaban J connectivity index is 0.00000484. The number of benzene rings is 2. The quantitative estimate of drug-likeness (QED) is 0.242. The minimum Gasteiger partial charge on any atom is -0.493 e. The lowest BCUT2D eigenvalue weighted by Gasteiger charge is -2.28. The molecule has 0 N–H and O–H groups in total. The number of nitrogens with zero attached hydrogens (tertiary/aromatic N) is 5. The highest BCUT2D eigenvalue weighted by molar-refractivity contribution is 6.19. The van der Waals surface area contributed by atoms with Crippen molar-refractivity contribution in [3.05, 3.63) is 78.1 Å². The zero-order valence-electron chi connectivity index (χ0n) is 25.2. The van der Waals surface area contributed by atoms with E-state index in [2.05, 4.69) is 9.88 Å². The molecule has 2 heterocycles. The maximum Gasteiger partial charge on any atom is 0.255 e. The molecule has 0 bridgehead atoms. The number of para-hydroxylation sites is 1. The Labute approximate surface area is 254 Å². The highest BCUT2D eigenvalue weighted by Crippen LogP contribution is 2.39. The van der Waals surface area contributed by atoms with Crippen molar-refractivity contribution in [1.29, 1.82) is 0 Å². The van der Waals surface area contributed by atoms with Gasteiger partial charge in [0, 0.05) is 64.9 Å². The SMILES string of the molecule is CCN(C)C(=O)c1ccccc1N(CCCOc1ccc2c(c1)N(C)C(=O)C(C)(C)C(=O)N2C)Cc1ccncc1.Cl. The fraction of sp³-hybridized carbons (Fsp3) is 0.375. The van der Waals surface area contributed by atoms with Gasteiger partial charge in [0.2, 0.25) is 11.8 Å². The van der Waals surface area contributed by atoms with Crippen LogP contribution in [-0.2, 0) is 16.1 Å². The zero-order chi connectivity index (χ0) is 29.7. The van der Waals surface area contributed by atoms with Crippen LogP contribution in [0.2, 0.25) is 0 Å². The summed E-state index contributed by atoms with van der Waals surface area (Å²) in [6.07, 6.45) is 4.23. The number of hydrogen-bond acceptors (Lipinski definition) is 6. The molecule has 0 fully saturated rings. The van der Waals surface area contributed by atoms with Gasteiger partial charge in [-0.1, -0.05) is 12.1 Å². The van der Waals surface area contributed by atoms with Gasteiger partial charge in [-0.15, -0.1) is 12.4 Å². The highest BCUT2D eigenvalue weighted by atomic mass is 35.5. The van der Waals surface area contributed by atoms with Crippen molar-refractivity contribution in [3.63, 3.8) is 0 Å². The molecule has 224 valence electrons. The third-order valence-corrected chi connectivity index (χ3v) is 7.61. The largest absolute Gasteiger partial charge is 0.493 e. The normalized spacial score (nSPS) is 14.0. The number of aromatic nitrogens is 1. The molecule has 1 aliphatic rings. The van der Waals surface area contributed by atoms with Crippen LogP contribution in [0.1, 0.15) is 43.1 Å². The van der Waals surface area contributed by atoms with E-state index in [-0.39, 0.29) is 30.1 Å². The third-order valence-electron chi connectivity index (χ3n) is 7.61. The monoisotopic (exact) mass is 593 g/mol. The fourth-order valence-electron chi connectivity index (χ4n) is 5.01. The van der Waals surface area contributed by atoms with E-state index in [4.69, 9.17) is 4.74 Å². The molecule has 10 heteroatoms. The number of carbonyl (C=O) groups is 3. The Morgan fingerprint density at radius 1 is 0.952 bits per heavy atom. The standard InChI is InChI=1S/C32H39N5O4.ClH/c1-7-34(4)29(38)25-11-8-9-12-26(25)37(22-23-15-17-33-18-16-23)19-10-20-41-24-13-14-27-28(21-24)36(6)31(40)32(2,3)30(39)35(27)5;/h8-9,11-18,21H,7,10,19-20,22H2,1-6H3;1H. The van der Waals surface area contributed by atoms with Crippen molar-refractivity contribution in [2.24, 2.45) is 5.41 Å². The van der Waals surface area contributed by atoms with Crippen LogP contribution in [0.4, 0.5) is 17.1 Å². The third kappa shape index (κ3) is 6.68. The van der Waals surface area contributed by atoms with Crippen LogP contribution in [0.15, 0.2) is 67.0 Å². The summed E-state index contributed by atoms with van der Waals surface area (Å²) in [5, 5.41) is 0. The number of rotatable bonds is 10. The van der Waals surface area contributed by atoms with E-state index < -0.39 is 5.41 Å². The van der Waals surface area contributed by atoms with Gasteiger partial charge in [0.25, 0.3) is 5.91 Å². The molecule has 0 unspecified atom stereocenters. The highest BCUT2D eigenvalue weighted by Gasteiger charge is 2.44. The lowest BCUT2D eigenvalue weighted by atomic mass is 9.90. The molecule has 4 rings (SSSR count). The molecular weight excluding hydrogens is 554 g/mol. The van der Waals surface area contributed by atoms with Crippen molar-refractivity contribution >= 4 is 47.2 Å². The predicted molar refractivity (Wildman–Crippen MR) is 169 cm³/mol. The van der Waals surface area contributed by atoms with Crippen LogP contribution in [0.25, 0.3) is 0 Å². The number of amides is 3. The zero-order valence-corrected chi connectivity index (χ0v) is 26.0. The van der Waals surface area contributed by atoms with Gasteiger partial charge in [0.15, 0.2) is 0 Å². The summed E-state index contributed by atoms with van der Waals surface area (Å²) in [5.74, 6) is 0.0815. The summed E-state index contributed by atoms with van der Waals surface area (Å²) in [7, 11) is 5.18. The van der Waals surface area contributed by atoms with Crippen LogP contribution in [0.3, 0.4) is 0 Å². The molecule has 9 nitrogen and oxygen atoms in total. The molecule has 0 radical (unpaired) electrons. The first-order valence-corrected chi connectivity index (χ1v) is 13.9. The minimum atomic E-state index is -1.16. The van der Waals surface area contributed by atoms with Gasteiger partial charge in [-0.25, -0.2) is 0 Å². The topological polar surface area (TPSA) is 86.3 Å². The van der Waals surface area contributed by atoms with Gasteiger partial charge in [0.05, 0.1) is 23.5 Å². The van der Waals surface area contributed by atoms with E-state index in [0.717, 1.165) is 11.3 Å². The van der Waals surface area contributed by atoms with Crippen LogP contribution < -0.4 is 19.4 Å². The molecule has 0 spiro atoms. The number of ether oxygens (including phenoxy) is 1. The summed E-state index contributed by atoms with van der Waals surface area (Å²) >= 11 is 0. The Morgan fingerprint density at radius 3 is 2.26 bits per heavy atom. The Hall–Kier alpha value is -4.11. The summed E-state index contributed by atoms with van der Waals surface area (Å²) in [6.45, 7) is 7.57. The van der Waals surface area contributed by atoms with Crippen molar-refractivity contribution in [1.82, 2.24) is 9.88 Å². The van der Waals surface area contributed by atoms with E-state index >= 15 is 0 Å². The molecule has 3 amide bonds. The maximum absolute atomic E-state index is 13.2. The van der Waals surface area contributed by atoms with E-state index in [9.17, 15) is 14.4 Å². The number of anilines is 3. The second-order valence-electron chi connectivity index (χ2n) is 10.8. The lowest BCUT2D eigenvalue weighted by molar-refractivity contribution is -0.137. The first-order valence-electron chi connectivity index (χ1n) is 13.9. The Kier molecular flexibility index (Phi) is 10.6. The van der Waals surface area contributed by atoms with Crippen LogP contribution >= 0.6 is 12.4 Å². The molecule has 1 aliphatic heterocycles. The molecule has 3 aromatic rings. The first-order chi connectivity index (χ1) is 19.6. The van der Waals surface area contributed by atoms with Gasteiger partial charge in [-0.05, 0) is 69.2 Å². The lowest BCUT2D eigenvalue weighted by Crippen LogP contribution is -2.46. The van der Waals surface area contributed by atoms with Gasteiger partial charge in [-0.3, -0.25) is 19.4 Å². The van der Waals surface area contributed by atoms with E-state index in [1.54, 1.807) is 52.3 Å². The fourth-order valence-corrected chi connectivity index (χ4v) is 5.01. The summed E-state index contributed by atoms with van der Waals surface area (Å²) in [4.78, 5) is 50.2. The van der Waals surface area contributed by atoms with Crippen molar-refractivity contribution < 1.29 is 19.1 Å². The summed E-state index contributed by atoms with van der Waals surface area (Å²) in [6, 6.07) is 17.1. The van der Waals surface area contributed by atoms with Gasteiger partial charge in [0.1, 0.15) is 11.2 Å². The number of carbonyl (C=O) groups excluding carboxylic acids is 3. The Morgan fingerprint density at radius 2 is 1.60 bits per heavy atom. The molecule has 0 aliphatic carbocycles. The molecule has 42 heavy (non-hydrogen) atoms. The van der Waals surface area contributed by atoms with Crippen molar-refractivity contribution in [2.45, 2.75) is 33.7 Å². The van der Waals surface area contributed by atoms with E-state index in [0.29, 0.717) is 55.3 Å². The molecule has 0 saturated heterocycles. The average molecular weight is 594 g/mol. The average Bonchev–Trinajstić information content (AvgIpc) is 3.04. The van der Waals surface area contributed by atoms with Crippen LogP contribution in [0.5, 0.6) is 5.75 Å². The second kappa shape index (κ2) is 13.7. The van der Waals surface area contributed by atoms with Crippen LogP contribution in [0, 0.1) is 5.41 Å². The molecule has 0 atom stereocenters. The van der Waals surface area contributed by atoms with Gasteiger partial charge < -0.3 is 24.3 Å². The number of halogens is 1. The molecule has 2 aromatic carbocycles. The van der Waals surface area contributed by atoms with Gasteiger partial charge in [-0.2, -0.15) is 0 Å². The number of pyridine rings is 1. The maximum atomic E-state index is 13.2. The van der Waals surface area contributed by atoms with E-state index in [1.807, 2.05) is 61.5 Å². The summed E-state index contributed by atoms with van der Waals surface area (Å²) in [5.41, 5.74) is 2.74. The van der Waals surface area contributed by atoms with Gasteiger partial charge >= 0.3 is 0 Å². The minimum absolute atomic E-state index is 0. The second-order valence-corrected chi connectivity index (χ2v) is 10.8. The number of hydrogen-bond donors (Lipinski definition) is 0. The Bertz CT molecular complexity index is 1420. The molecule has 0 saturated carbocycles. The number of fused-ring (bicyclic) bond motifs is 1. The van der Waals surface area contributed by atoms with Crippen molar-refractivity contribution in [3.8, 4) is 5.75 Å². The first kappa shape index (κ1) is 32.4. The molecular formula is C32H40ClN5O4. The van der Waals surface area contributed by atoms with E-state index in [1.165, 1.54) is 9.80 Å². The van der Waals surface area contributed by atoms with Crippen molar-refractivity contribution in [2.75, 3.05) is 55.5 Å². The predicted octanol–water partition coefficient (Wildman–Crippen LogP) is 5.04. The summed E-state index contributed by atoms with van der Waals surface area (Å²) < 4.78 is 6.13.